The summed E-state index contributed by atoms with van der Waals surface area (Å²) in [6.45, 7) is 3.72. The van der Waals surface area contributed by atoms with Crippen molar-refractivity contribution < 1.29 is 13.9 Å². The molecular formula is C22H21ClFN3O2. The van der Waals surface area contributed by atoms with E-state index in [9.17, 15) is 9.18 Å². The second-order valence-electron chi connectivity index (χ2n) is 6.41. The number of benzene rings is 2. The maximum absolute atomic E-state index is 13.5. The fourth-order valence-corrected chi connectivity index (χ4v) is 3.08. The third-order valence-electron chi connectivity index (χ3n) is 4.46. The molecule has 3 rings (SSSR count). The Bertz CT molecular complexity index is 1060. The molecule has 5 nitrogen and oxygen atoms in total. The minimum Gasteiger partial charge on any atom is -0.481 e. The first-order valence-corrected chi connectivity index (χ1v) is 9.47. The molecule has 0 atom stereocenters. The van der Waals surface area contributed by atoms with E-state index in [2.05, 4.69) is 15.6 Å². The fraction of sp³-hybridized carbons (Fsp3) is 0.182. The molecule has 0 saturated carbocycles. The van der Waals surface area contributed by atoms with Crippen LogP contribution in [-0.4, -0.2) is 18.0 Å². The quantitative estimate of drug-likeness (QED) is 0.540. The molecule has 7 heteroatoms. The molecule has 1 amide bonds. The highest BCUT2D eigenvalue weighted by molar-refractivity contribution is 6.31. The minimum absolute atomic E-state index is 0.302. The Balaban J connectivity index is 1.92. The molecule has 0 radical (unpaired) electrons. The van der Waals surface area contributed by atoms with Gasteiger partial charge < -0.3 is 15.4 Å². The molecule has 2 N–H and O–H groups in total. The number of hydrogen-bond donors (Lipinski definition) is 2. The number of nitrogens with one attached hydrogen (secondary N) is 2. The van der Waals surface area contributed by atoms with Gasteiger partial charge in [0, 0.05) is 16.8 Å². The van der Waals surface area contributed by atoms with E-state index in [1.807, 2.05) is 6.92 Å². The van der Waals surface area contributed by atoms with Crippen molar-refractivity contribution in [2.45, 2.75) is 20.3 Å². The molecule has 0 spiro atoms. The number of nitrogens with zero attached hydrogens (tertiary/aromatic N) is 1. The van der Waals surface area contributed by atoms with Crippen LogP contribution in [-0.2, 0) is 6.42 Å². The number of rotatable bonds is 6. The minimum atomic E-state index is -0.342. The van der Waals surface area contributed by atoms with Gasteiger partial charge in [0.25, 0.3) is 5.91 Å². The molecule has 0 aliphatic rings. The summed E-state index contributed by atoms with van der Waals surface area (Å²) in [5, 5.41) is 6.51. The van der Waals surface area contributed by atoms with Gasteiger partial charge >= 0.3 is 0 Å². The van der Waals surface area contributed by atoms with Gasteiger partial charge in [-0.1, -0.05) is 18.5 Å². The van der Waals surface area contributed by atoms with E-state index in [1.165, 1.54) is 19.2 Å². The Morgan fingerprint density at radius 2 is 1.83 bits per heavy atom. The van der Waals surface area contributed by atoms with Crippen molar-refractivity contribution in [1.29, 1.82) is 0 Å². The first-order valence-electron chi connectivity index (χ1n) is 9.09. The van der Waals surface area contributed by atoms with Crippen LogP contribution in [0.5, 0.6) is 5.88 Å². The summed E-state index contributed by atoms with van der Waals surface area (Å²) in [7, 11) is 1.53. The van der Waals surface area contributed by atoms with Crippen LogP contribution in [0.2, 0.25) is 5.02 Å². The van der Waals surface area contributed by atoms with E-state index >= 15 is 0 Å². The molecule has 150 valence electrons. The molecular weight excluding hydrogens is 393 g/mol. The van der Waals surface area contributed by atoms with E-state index in [-0.39, 0.29) is 11.7 Å². The van der Waals surface area contributed by atoms with E-state index < -0.39 is 0 Å². The smallest absolute Gasteiger partial charge is 0.257 e. The molecule has 0 aliphatic heterocycles. The van der Waals surface area contributed by atoms with Gasteiger partial charge in [0.05, 0.1) is 29.7 Å². The van der Waals surface area contributed by atoms with Gasteiger partial charge in [0.15, 0.2) is 0 Å². The monoisotopic (exact) mass is 413 g/mol. The molecule has 2 aromatic carbocycles. The van der Waals surface area contributed by atoms with E-state index in [0.29, 0.717) is 40.0 Å². The van der Waals surface area contributed by atoms with Crippen LogP contribution in [0.1, 0.15) is 28.5 Å². The summed E-state index contributed by atoms with van der Waals surface area (Å²) >= 11 is 6.13. The SMILES string of the molecule is CCc1cc(F)ccc1Nc1ccc(Cl)cc1C(=O)Nc1ccc(OC)nc1C. The molecule has 0 unspecified atom stereocenters. The maximum Gasteiger partial charge on any atom is 0.257 e. The topological polar surface area (TPSA) is 63.2 Å². The highest BCUT2D eigenvalue weighted by atomic mass is 35.5. The number of aromatic nitrogens is 1. The number of ether oxygens (including phenoxy) is 1. The number of halogens is 2. The summed E-state index contributed by atoms with van der Waals surface area (Å²) in [6, 6.07) is 12.9. The van der Waals surface area contributed by atoms with E-state index in [4.69, 9.17) is 16.3 Å². The number of carbonyl (C=O) groups is 1. The van der Waals surface area contributed by atoms with Crippen molar-refractivity contribution in [3.63, 3.8) is 0 Å². The van der Waals surface area contributed by atoms with Gasteiger partial charge in [-0.15, -0.1) is 0 Å². The van der Waals surface area contributed by atoms with Crippen molar-refractivity contribution in [2.24, 2.45) is 0 Å². The number of pyridine rings is 1. The zero-order chi connectivity index (χ0) is 21.0. The number of amides is 1. The summed E-state index contributed by atoms with van der Waals surface area (Å²) in [4.78, 5) is 17.2. The van der Waals surface area contributed by atoms with Gasteiger partial charge in [-0.05, 0) is 61.4 Å². The molecule has 1 aromatic heterocycles. The Labute approximate surface area is 173 Å². The number of anilines is 3. The summed E-state index contributed by atoms with van der Waals surface area (Å²) in [5.74, 6) is -0.178. The molecule has 0 fully saturated rings. The number of hydrogen-bond acceptors (Lipinski definition) is 4. The largest absolute Gasteiger partial charge is 0.481 e. The Kier molecular flexibility index (Phi) is 6.34. The molecule has 29 heavy (non-hydrogen) atoms. The molecule has 0 bridgehead atoms. The highest BCUT2D eigenvalue weighted by Gasteiger charge is 2.15. The van der Waals surface area contributed by atoms with Crippen LogP contribution in [0.15, 0.2) is 48.5 Å². The fourth-order valence-electron chi connectivity index (χ4n) is 2.91. The molecule has 3 aromatic rings. The van der Waals surface area contributed by atoms with Crippen molar-refractivity contribution in [1.82, 2.24) is 4.98 Å². The van der Waals surface area contributed by atoms with Crippen LogP contribution < -0.4 is 15.4 Å². The van der Waals surface area contributed by atoms with E-state index in [0.717, 1.165) is 11.3 Å². The first-order chi connectivity index (χ1) is 13.9. The summed E-state index contributed by atoms with van der Waals surface area (Å²) in [6.07, 6.45) is 0.645. The van der Waals surface area contributed by atoms with Gasteiger partial charge in [0.2, 0.25) is 5.88 Å². The van der Waals surface area contributed by atoms with Gasteiger partial charge in [0.1, 0.15) is 5.82 Å². The number of aryl methyl sites for hydroxylation is 2. The van der Waals surface area contributed by atoms with E-state index in [1.54, 1.807) is 43.3 Å². The highest BCUT2D eigenvalue weighted by Crippen LogP contribution is 2.28. The zero-order valence-corrected chi connectivity index (χ0v) is 17.1. The van der Waals surface area contributed by atoms with Crippen LogP contribution >= 0.6 is 11.6 Å². The first kappa shape index (κ1) is 20.6. The second-order valence-corrected chi connectivity index (χ2v) is 6.85. The predicted molar refractivity (Wildman–Crippen MR) is 114 cm³/mol. The van der Waals surface area contributed by atoms with Crippen molar-refractivity contribution in [3.05, 3.63) is 76.2 Å². The van der Waals surface area contributed by atoms with Crippen molar-refractivity contribution >= 4 is 34.6 Å². The average molecular weight is 414 g/mol. The lowest BCUT2D eigenvalue weighted by molar-refractivity contribution is 0.102. The van der Waals surface area contributed by atoms with Crippen molar-refractivity contribution in [2.75, 3.05) is 17.7 Å². The number of methoxy groups -OCH3 is 1. The predicted octanol–water partition coefficient (Wildman–Crippen LogP) is 5.75. The van der Waals surface area contributed by atoms with Gasteiger partial charge in [-0.3, -0.25) is 4.79 Å². The lowest BCUT2D eigenvalue weighted by Crippen LogP contribution is -2.15. The van der Waals surface area contributed by atoms with Crippen LogP contribution in [0.3, 0.4) is 0 Å². The standard InChI is InChI=1S/C22H21ClFN3O2/c1-4-14-11-16(24)6-8-19(14)26-20-7-5-15(23)12-17(20)22(28)27-18-9-10-21(29-3)25-13(18)2/h5-12,26H,4H2,1-3H3,(H,27,28). The normalized spacial score (nSPS) is 10.5. The Hall–Kier alpha value is -3.12. The zero-order valence-electron chi connectivity index (χ0n) is 16.3. The molecule has 0 saturated heterocycles. The third-order valence-corrected chi connectivity index (χ3v) is 4.70. The third kappa shape index (κ3) is 4.84. The molecule has 0 aliphatic carbocycles. The number of carbonyl (C=O) groups excluding carboxylic acids is 1. The van der Waals surface area contributed by atoms with Crippen LogP contribution in [0.4, 0.5) is 21.5 Å². The Morgan fingerprint density at radius 1 is 1.10 bits per heavy atom. The average Bonchev–Trinajstić information content (AvgIpc) is 2.71. The summed E-state index contributed by atoms with van der Waals surface area (Å²) in [5.41, 5.74) is 3.65. The summed E-state index contributed by atoms with van der Waals surface area (Å²) < 4.78 is 18.6. The van der Waals surface area contributed by atoms with Crippen molar-refractivity contribution in [3.8, 4) is 5.88 Å². The lowest BCUT2D eigenvalue weighted by atomic mass is 10.1. The lowest BCUT2D eigenvalue weighted by Gasteiger charge is -2.16. The van der Waals surface area contributed by atoms with Gasteiger partial charge in [-0.2, -0.15) is 0 Å². The Morgan fingerprint density at radius 3 is 2.52 bits per heavy atom. The maximum atomic E-state index is 13.5. The second kappa shape index (κ2) is 8.92. The van der Waals surface area contributed by atoms with Crippen LogP contribution in [0, 0.1) is 12.7 Å². The van der Waals surface area contributed by atoms with Crippen LogP contribution in [0.25, 0.3) is 0 Å². The van der Waals surface area contributed by atoms with Gasteiger partial charge in [-0.25, -0.2) is 9.37 Å². The molecule has 1 heterocycles.